The van der Waals surface area contributed by atoms with Crippen molar-refractivity contribution in [3.05, 3.63) is 54.0 Å². The van der Waals surface area contributed by atoms with E-state index in [9.17, 15) is 4.79 Å². The Hall–Kier alpha value is -2.03. The molecular formula is C14H15NO2. The van der Waals surface area contributed by atoms with Crippen molar-refractivity contribution in [3.63, 3.8) is 0 Å². The highest BCUT2D eigenvalue weighted by molar-refractivity contribution is 5.81. The molecule has 3 heteroatoms. The van der Waals surface area contributed by atoms with Crippen molar-refractivity contribution in [2.75, 3.05) is 5.73 Å². The molecule has 0 bridgehead atoms. The van der Waals surface area contributed by atoms with Crippen LogP contribution < -0.4 is 5.73 Å². The Balaban J connectivity index is 1.84. The van der Waals surface area contributed by atoms with E-state index in [1.807, 2.05) is 30.3 Å². The number of carbonyl (C=O) groups excluding carboxylic acids is 1. The molecule has 0 saturated heterocycles. The number of nitrogen functional groups attached to an aromatic ring is 1. The summed E-state index contributed by atoms with van der Waals surface area (Å²) >= 11 is 0. The van der Waals surface area contributed by atoms with Crippen LogP contribution in [0.5, 0.6) is 0 Å². The Morgan fingerprint density at radius 1 is 1.24 bits per heavy atom. The van der Waals surface area contributed by atoms with Gasteiger partial charge in [0.2, 0.25) is 0 Å². The molecule has 2 aromatic rings. The fraction of sp³-hybridized carbons (Fsp3) is 0.214. The molecule has 0 aliphatic carbocycles. The molecule has 0 aliphatic rings. The monoisotopic (exact) mass is 229 g/mol. The van der Waals surface area contributed by atoms with Gasteiger partial charge in [-0.25, -0.2) is 0 Å². The van der Waals surface area contributed by atoms with Gasteiger partial charge in [-0.15, -0.1) is 0 Å². The van der Waals surface area contributed by atoms with Crippen LogP contribution in [0, 0.1) is 0 Å². The van der Waals surface area contributed by atoms with Crippen LogP contribution in [0.25, 0.3) is 0 Å². The van der Waals surface area contributed by atoms with E-state index in [0.717, 1.165) is 23.2 Å². The van der Waals surface area contributed by atoms with Crippen molar-refractivity contribution in [2.45, 2.75) is 19.3 Å². The summed E-state index contributed by atoms with van der Waals surface area (Å²) in [5, 5.41) is 0. The highest BCUT2D eigenvalue weighted by atomic mass is 16.3. The van der Waals surface area contributed by atoms with Crippen LogP contribution in [0.1, 0.15) is 17.5 Å². The molecule has 0 atom stereocenters. The number of ketones is 1. The van der Waals surface area contributed by atoms with Gasteiger partial charge in [0.05, 0.1) is 12.5 Å². The zero-order valence-corrected chi connectivity index (χ0v) is 9.56. The molecule has 0 unspecified atom stereocenters. The van der Waals surface area contributed by atoms with Gasteiger partial charge in [-0.05, 0) is 35.7 Å². The van der Waals surface area contributed by atoms with E-state index in [1.165, 1.54) is 0 Å². The predicted molar refractivity (Wildman–Crippen MR) is 66.6 cm³/mol. The first-order chi connectivity index (χ1) is 8.24. The summed E-state index contributed by atoms with van der Waals surface area (Å²) in [5.74, 6) is 0.217. The second-order valence-electron chi connectivity index (χ2n) is 4.09. The second-order valence-corrected chi connectivity index (χ2v) is 4.09. The second kappa shape index (κ2) is 5.34. The number of benzene rings is 1. The van der Waals surface area contributed by atoms with Crippen LogP contribution in [0.2, 0.25) is 0 Å². The first kappa shape index (κ1) is 11.5. The molecular weight excluding hydrogens is 214 g/mol. The first-order valence-corrected chi connectivity index (χ1v) is 5.61. The number of nitrogens with two attached hydrogens (primary N) is 1. The lowest BCUT2D eigenvalue weighted by Crippen LogP contribution is -2.03. The van der Waals surface area contributed by atoms with Crippen LogP contribution in [-0.4, -0.2) is 5.78 Å². The summed E-state index contributed by atoms with van der Waals surface area (Å²) in [6.07, 6.45) is 4.91. The fourth-order valence-corrected chi connectivity index (χ4v) is 1.74. The molecule has 0 spiro atoms. The molecule has 0 saturated carbocycles. The van der Waals surface area contributed by atoms with Crippen LogP contribution in [0.4, 0.5) is 5.69 Å². The van der Waals surface area contributed by atoms with Crippen molar-refractivity contribution in [2.24, 2.45) is 0 Å². The topological polar surface area (TPSA) is 56.2 Å². The molecule has 0 amide bonds. The van der Waals surface area contributed by atoms with Crippen LogP contribution >= 0.6 is 0 Å². The summed E-state index contributed by atoms with van der Waals surface area (Å²) in [6, 6.07) is 9.47. The lowest BCUT2D eigenvalue weighted by Gasteiger charge is -2.01. The maximum Gasteiger partial charge on any atom is 0.137 e. The number of carbonyl (C=O) groups is 1. The minimum Gasteiger partial charge on any atom is -0.472 e. The van der Waals surface area contributed by atoms with E-state index in [0.29, 0.717) is 12.8 Å². The maximum atomic E-state index is 11.7. The summed E-state index contributed by atoms with van der Waals surface area (Å²) < 4.78 is 4.93. The van der Waals surface area contributed by atoms with Crippen molar-refractivity contribution < 1.29 is 9.21 Å². The van der Waals surface area contributed by atoms with Crippen LogP contribution in [0.3, 0.4) is 0 Å². The van der Waals surface area contributed by atoms with Gasteiger partial charge in [0, 0.05) is 18.5 Å². The predicted octanol–water partition coefficient (Wildman–Crippen LogP) is 2.61. The number of aryl methyl sites for hydroxylation is 1. The number of hydrogen-bond acceptors (Lipinski definition) is 3. The van der Waals surface area contributed by atoms with Gasteiger partial charge in [0.1, 0.15) is 5.78 Å². The first-order valence-electron chi connectivity index (χ1n) is 5.61. The fourth-order valence-electron chi connectivity index (χ4n) is 1.74. The SMILES string of the molecule is Nc1cccc(CCC(=O)Cc2ccoc2)c1. The molecule has 17 heavy (non-hydrogen) atoms. The smallest absolute Gasteiger partial charge is 0.137 e. The van der Waals surface area contributed by atoms with Gasteiger partial charge in [0.15, 0.2) is 0 Å². The summed E-state index contributed by atoms with van der Waals surface area (Å²) in [7, 11) is 0. The molecule has 1 aromatic heterocycles. The van der Waals surface area contributed by atoms with Crippen molar-refractivity contribution >= 4 is 11.5 Å². The molecule has 3 nitrogen and oxygen atoms in total. The number of furan rings is 1. The van der Waals surface area contributed by atoms with E-state index in [4.69, 9.17) is 10.2 Å². The van der Waals surface area contributed by atoms with Gasteiger partial charge in [-0.1, -0.05) is 12.1 Å². The molecule has 2 N–H and O–H groups in total. The minimum absolute atomic E-state index is 0.217. The quantitative estimate of drug-likeness (QED) is 0.802. The average Bonchev–Trinajstić information content (AvgIpc) is 2.79. The van der Waals surface area contributed by atoms with Crippen molar-refractivity contribution in [1.82, 2.24) is 0 Å². The molecule has 0 fully saturated rings. The summed E-state index contributed by atoms with van der Waals surface area (Å²) in [6.45, 7) is 0. The Morgan fingerprint density at radius 3 is 2.82 bits per heavy atom. The maximum absolute atomic E-state index is 11.7. The molecule has 0 aliphatic heterocycles. The van der Waals surface area contributed by atoms with Crippen molar-refractivity contribution in [3.8, 4) is 0 Å². The lowest BCUT2D eigenvalue weighted by atomic mass is 10.0. The summed E-state index contributed by atoms with van der Waals surface area (Å²) in [5.41, 5.74) is 8.45. The van der Waals surface area contributed by atoms with E-state index in [-0.39, 0.29) is 5.78 Å². The Bertz CT molecular complexity index is 489. The van der Waals surface area contributed by atoms with E-state index in [2.05, 4.69) is 0 Å². The van der Waals surface area contributed by atoms with E-state index < -0.39 is 0 Å². The zero-order valence-electron chi connectivity index (χ0n) is 9.56. The van der Waals surface area contributed by atoms with E-state index in [1.54, 1.807) is 12.5 Å². The Kier molecular flexibility index (Phi) is 3.60. The van der Waals surface area contributed by atoms with E-state index >= 15 is 0 Å². The average molecular weight is 229 g/mol. The molecule has 88 valence electrons. The standard InChI is InChI=1S/C14H15NO2/c15-13-3-1-2-11(8-13)4-5-14(16)9-12-6-7-17-10-12/h1-3,6-8,10H,4-5,9,15H2. The number of anilines is 1. The van der Waals surface area contributed by atoms with Gasteiger partial charge in [-0.3, -0.25) is 4.79 Å². The normalized spacial score (nSPS) is 10.4. The van der Waals surface area contributed by atoms with Crippen LogP contribution in [-0.2, 0) is 17.6 Å². The van der Waals surface area contributed by atoms with Gasteiger partial charge in [-0.2, -0.15) is 0 Å². The minimum atomic E-state index is 0.217. The zero-order chi connectivity index (χ0) is 12.1. The van der Waals surface area contributed by atoms with Crippen LogP contribution in [0.15, 0.2) is 47.3 Å². The number of hydrogen-bond donors (Lipinski definition) is 1. The van der Waals surface area contributed by atoms with Gasteiger partial charge < -0.3 is 10.2 Å². The summed E-state index contributed by atoms with van der Waals surface area (Å²) in [4.78, 5) is 11.7. The molecule has 0 radical (unpaired) electrons. The van der Waals surface area contributed by atoms with Crippen molar-refractivity contribution in [1.29, 1.82) is 0 Å². The third-order valence-electron chi connectivity index (χ3n) is 2.62. The highest BCUT2D eigenvalue weighted by Gasteiger charge is 2.05. The molecule has 1 aromatic carbocycles. The Morgan fingerprint density at radius 2 is 2.12 bits per heavy atom. The van der Waals surface area contributed by atoms with Gasteiger partial charge in [0.25, 0.3) is 0 Å². The highest BCUT2D eigenvalue weighted by Crippen LogP contribution is 2.10. The lowest BCUT2D eigenvalue weighted by molar-refractivity contribution is -0.118. The molecule has 2 rings (SSSR count). The third-order valence-corrected chi connectivity index (χ3v) is 2.62. The molecule has 1 heterocycles. The number of Topliss-reactive ketones (excluding diaryl/α,β-unsaturated/α-hetero) is 1. The largest absolute Gasteiger partial charge is 0.472 e. The number of rotatable bonds is 5. The Labute approximate surface area is 100 Å². The van der Waals surface area contributed by atoms with Gasteiger partial charge >= 0.3 is 0 Å². The third kappa shape index (κ3) is 3.48.